The van der Waals surface area contributed by atoms with E-state index in [0.29, 0.717) is 0 Å². The maximum absolute atomic E-state index is 5.40. The lowest BCUT2D eigenvalue weighted by Crippen LogP contribution is -1.96. The predicted octanol–water partition coefficient (Wildman–Crippen LogP) is 4.62. The van der Waals surface area contributed by atoms with Crippen LogP contribution < -0.4 is 10.1 Å². The molecule has 2 aromatic carbocycles. The van der Waals surface area contributed by atoms with E-state index in [4.69, 9.17) is 4.74 Å². The van der Waals surface area contributed by atoms with Crippen molar-refractivity contribution in [3.8, 4) is 17.0 Å². The number of anilines is 2. The Morgan fingerprint density at radius 2 is 1.78 bits per heavy atom. The summed E-state index contributed by atoms with van der Waals surface area (Å²) in [5, 5.41) is 3.30. The van der Waals surface area contributed by atoms with Gasteiger partial charge in [0.05, 0.1) is 12.8 Å². The molecular formula is C18H17N3OS. The molecule has 3 rings (SSSR count). The molecule has 1 heterocycles. The molecule has 3 aromatic rings. The second kappa shape index (κ2) is 7.15. The van der Waals surface area contributed by atoms with Crippen molar-refractivity contribution < 1.29 is 4.74 Å². The molecule has 0 spiro atoms. The van der Waals surface area contributed by atoms with Crippen LogP contribution in [0.15, 0.2) is 65.8 Å². The molecule has 0 aliphatic carbocycles. The molecule has 1 aromatic heterocycles. The fraction of sp³-hybridized carbons (Fsp3) is 0.111. The average Bonchev–Trinajstić information content (AvgIpc) is 2.62. The predicted molar refractivity (Wildman–Crippen MR) is 95.5 cm³/mol. The smallest absolute Gasteiger partial charge is 0.134 e. The fourth-order valence-corrected chi connectivity index (χ4v) is 2.66. The van der Waals surface area contributed by atoms with Crippen molar-refractivity contribution in [1.29, 1.82) is 0 Å². The molecule has 1 N–H and O–H groups in total. The highest BCUT2D eigenvalue weighted by atomic mass is 32.2. The first kappa shape index (κ1) is 15.4. The lowest BCUT2D eigenvalue weighted by Gasteiger charge is -2.10. The summed E-state index contributed by atoms with van der Waals surface area (Å²) in [5.74, 6) is 1.54. The Balaban J connectivity index is 1.87. The molecular weight excluding hydrogens is 306 g/mol. The van der Waals surface area contributed by atoms with Gasteiger partial charge in [-0.25, -0.2) is 9.97 Å². The number of hydrogen-bond acceptors (Lipinski definition) is 5. The van der Waals surface area contributed by atoms with E-state index in [2.05, 4.69) is 33.7 Å². The zero-order valence-electron chi connectivity index (χ0n) is 13.0. The molecule has 4 nitrogen and oxygen atoms in total. The average molecular weight is 323 g/mol. The molecule has 0 bridgehead atoms. The van der Waals surface area contributed by atoms with Crippen molar-refractivity contribution in [2.45, 2.75) is 4.90 Å². The molecule has 0 radical (unpaired) electrons. The van der Waals surface area contributed by atoms with Crippen molar-refractivity contribution in [3.05, 3.63) is 60.9 Å². The minimum atomic E-state index is 0.748. The van der Waals surface area contributed by atoms with Gasteiger partial charge in [-0.05, 0) is 42.7 Å². The van der Waals surface area contributed by atoms with Crippen LogP contribution in [0.1, 0.15) is 0 Å². The lowest BCUT2D eigenvalue weighted by molar-refractivity contribution is 0.416. The number of thioether (sulfide) groups is 1. The van der Waals surface area contributed by atoms with Crippen molar-refractivity contribution >= 4 is 23.3 Å². The first-order valence-electron chi connectivity index (χ1n) is 7.16. The first-order chi connectivity index (χ1) is 11.3. The monoisotopic (exact) mass is 323 g/mol. The van der Waals surface area contributed by atoms with Crippen LogP contribution in [0, 0.1) is 0 Å². The SMILES string of the molecule is COc1ccccc1-c1cc(Nc2ccc(SC)cc2)ncn1. The van der Waals surface area contributed by atoms with Gasteiger partial charge in [-0.1, -0.05) is 12.1 Å². The third kappa shape index (κ3) is 3.63. The zero-order valence-corrected chi connectivity index (χ0v) is 13.8. The van der Waals surface area contributed by atoms with Crippen LogP contribution in [0.4, 0.5) is 11.5 Å². The van der Waals surface area contributed by atoms with Crippen molar-refractivity contribution in [2.75, 3.05) is 18.7 Å². The molecule has 23 heavy (non-hydrogen) atoms. The van der Waals surface area contributed by atoms with Crippen LogP contribution in [0.3, 0.4) is 0 Å². The minimum Gasteiger partial charge on any atom is -0.496 e. The van der Waals surface area contributed by atoms with Gasteiger partial charge < -0.3 is 10.1 Å². The summed E-state index contributed by atoms with van der Waals surface area (Å²) in [6.07, 6.45) is 3.62. The summed E-state index contributed by atoms with van der Waals surface area (Å²) in [5.41, 5.74) is 2.76. The van der Waals surface area contributed by atoms with Gasteiger partial charge in [0.2, 0.25) is 0 Å². The second-order valence-electron chi connectivity index (χ2n) is 4.84. The second-order valence-corrected chi connectivity index (χ2v) is 5.72. The van der Waals surface area contributed by atoms with E-state index in [1.807, 2.05) is 42.5 Å². The maximum atomic E-state index is 5.40. The quantitative estimate of drug-likeness (QED) is 0.694. The molecule has 5 heteroatoms. The maximum Gasteiger partial charge on any atom is 0.134 e. The molecule has 0 unspecified atom stereocenters. The van der Waals surface area contributed by atoms with Gasteiger partial charge in [0.25, 0.3) is 0 Å². The molecule has 116 valence electrons. The molecule has 0 fully saturated rings. The number of aromatic nitrogens is 2. The fourth-order valence-electron chi connectivity index (χ4n) is 2.25. The number of ether oxygens (including phenoxy) is 1. The van der Waals surface area contributed by atoms with Gasteiger partial charge in [0.15, 0.2) is 0 Å². The summed E-state index contributed by atoms with van der Waals surface area (Å²) >= 11 is 1.72. The van der Waals surface area contributed by atoms with Crippen LogP contribution >= 0.6 is 11.8 Å². The van der Waals surface area contributed by atoms with Gasteiger partial charge in [-0.2, -0.15) is 0 Å². The number of nitrogens with one attached hydrogen (secondary N) is 1. The van der Waals surface area contributed by atoms with Gasteiger partial charge in [0.1, 0.15) is 17.9 Å². The van der Waals surface area contributed by atoms with Crippen molar-refractivity contribution in [3.63, 3.8) is 0 Å². The Labute approximate surface area is 140 Å². The molecule has 0 saturated heterocycles. The molecule has 0 aliphatic heterocycles. The number of benzene rings is 2. The number of para-hydroxylation sites is 1. The molecule has 0 atom stereocenters. The van der Waals surface area contributed by atoms with Gasteiger partial charge in [-0.3, -0.25) is 0 Å². The summed E-state index contributed by atoms with van der Waals surface area (Å²) in [4.78, 5) is 9.87. The van der Waals surface area contributed by atoms with E-state index in [1.54, 1.807) is 25.2 Å². The normalized spacial score (nSPS) is 10.3. The highest BCUT2D eigenvalue weighted by Crippen LogP contribution is 2.29. The minimum absolute atomic E-state index is 0.748. The Kier molecular flexibility index (Phi) is 4.78. The lowest BCUT2D eigenvalue weighted by atomic mass is 10.1. The van der Waals surface area contributed by atoms with Gasteiger partial charge in [0, 0.05) is 22.2 Å². The summed E-state index contributed by atoms with van der Waals surface area (Å²) in [6, 6.07) is 18.0. The topological polar surface area (TPSA) is 47.0 Å². The van der Waals surface area contributed by atoms with E-state index < -0.39 is 0 Å². The highest BCUT2D eigenvalue weighted by molar-refractivity contribution is 7.98. The zero-order chi connectivity index (χ0) is 16.1. The van der Waals surface area contributed by atoms with E-state index in [9.17, 15) is 0 Å². The van der Waals surface area contributed by atoms with Crippen LogP contribution in [0.5, 0.6) is 5.75 Å². The van der Waals surface area contributed by atoms with Crippen LogP contribution in [0.25, 0.3) is 11.3 Å². The summed E-state index contributed by atoms with van der Waals surface area (Å²) in [6.45, 7) is 0. The molecule has 0 aliphatic rings. The number of rotatable bonds is 5. The number of nitrogens with zero attached hydrogens (tertiary/aromatic N) is 2. The summed E-state index contributed by atoms with van der Waals surface area (Å²) < 4.78 is 5.40. The summed E-state index contributed by atoms with van der Waals surface area (Å²) in [7, 11) is 1.66. The Morgan fingerprint density at radius 3 is 2.52 bits per heavy atom. The molecule has 0 amide bonds. The van der Waals surface area contributed by atoms with Gasteiger partial charge in [-0.15, -0.1) is 11.8 Å². The highest BCUT2D eigenvalue weighted by Gasteiger charge is 2.07. The third-order valence-corrected chi connectivity index (χ3v) is 4.16. The van der Waals surface area contributed by atoms with E-state index in [1.165, 1.54) is 4.90 Å². The van der Waals surface area contributed by atoms with Crippen molar-refractivity contribution in [2.24, 2.45) is 0 Å². The van der Waals surface area contributed by atoms with Gasteiger partial charge >= 0.3 is 0 Å². The standard InChI is InChI=1S/C18H17N3OS/c1-22-17-6-4-3-5-15(17)16-11-18(20-12-19-16)21-13-7-9-14(23-2)10-8-13/h3-12H,1-2H3,(H,19,20,21). The third-order valence-electron chi connectivity index (χ3n) is 3.41. The Bertz CT molecular complexity index is 790. The number of hydrogen-bond donors (Lipinski definition) is 1. The number of methoxy groups -OCH3 is 1. The first-order valence-corrected chi connectivity index (χ1v) is 8.39. The van der Waals surface area contributed by atoms with E-state index >= 15 is 0 Å². The largest absolute Gasteiger partial charge is 0.496 e. The van der Waals surface area contributed by atoms with Crippen LogP contribution in [0.2, 0.25) is 0 Å². The molecule has 0 saturated carbocycles. The van der Waals surface area contributed by atoms with Crippen LogP contribution in [-0.2, 0) is 0 Å². The Hall–Kier alpha value is -2.53. The Morgan fingerprint density at radius 1 is 1.00 bits per heavy atom. The van der Waals surface area contributed by atoms with Crippen LogP contribution in [-0.4, -0.2) is 23.3 Å². The van der Waals surface area contributed by atoms with E-state index in [-0.39, 0.29) is 0 Å². The van der Waals surface area contributed by atoms with Crippen molar-refractivity contribution in [1.82, 2.24) is 9.97 Å². The van der Waals surface area contributed by atoms with E-state index in [0.717, 1.165) is 28.5 Å².